The van der Waals surface area contributed by atoms with Gasteiger partial charge in [0.1, 0.15) is 11.8 Å². The normalized spacial score (nSPS) is 15.6. The van der Waals surface area contributed by atoms with Crippen LogP contribution in [0.2, 0.25) is 0 Å². The Kier molecular flexibility index (Phi) is 6.54. The van der Waals surface area contributed by atoms with Gasteiger partial charge in [0, 0.05) is 12.1 Å². The number of amides is 3. The fraction of sp³-hybridized carbons (Fsp3) is 0.222. The summed E-state index contributed by atoms with van der Waals surface area (Å²) in [6.07, 6.45) is 0.524. The van der Waals surface area contributed by atoms with Gasteiger partial charge in [-0.15, -0.1) is 0 Å². The van der Waals surface area contributed by atoms with Crippen LogP contribution in [0, 0.1) is 6.92 Å². The summed E-state index contributed by atoms with van der Waals surface area (Å²) >= 11 is 0. The van der Waals surface area contributed by atoms with E-state index in [1.807, 2.05) is 49.4 Å². The quantitative estimate of drug-likeness (QED) is 0.519. The first kappa shape index (κ1) is 22.3. The molecule has 1 unspecified atom stereocenters. The lowest BCUT2D eigenvalue weighted by atomic mass is 10.1. The average Bonchev–Trinajstić information content (AvgIpc) is 3.14. The molecular weight excluding hydrogens is 416 g/mol. The number of hydrogen-bond acceptors (Lipinski definition) is 4. The van der Waals surface area contributed by atoms with Crippen LogP contribution in [0.25, 0.3) is 0 Å². The number of anilines is 1. The van der Waals surface area contributed by atoms with Crippen molar-refractivity contribution in [1.29, 1.82) is 0 Å². The third kappa shape index (κ3) is 4.80. The number of rotatable bonds is 7. The highest BCUT2D eigenvalue weighted by Gasteiger charge is 2.44. The van der Waals surface area contributed by atoms with E-state index < -0.39 is 6.04 Å². The second-order valence-electron chi connectivity index (χ2n) is 8.09. The maximum Gasteiger partial charge on any atom is 0.257 e. The third-order valence-electron chi connectivity index (χ3n) is 5.85. The maximum absolute atomic E-state index is 13.5. The van der Waals surface area contributed by atoms with Crippen LogP contribution in [0.15, 0.2) is 78.9 Å². The van der Waals surface area contributed by atoms with E-state index in [4.69, 9.17) is 4.74 Å². The van der Waals surface area contributed by atoms with Crippen molar-refractivity contribution < 1.29 is 19.1 Å². The lowest BCUT2D eigenvalue weighted by Crippen LogP contribution is -2.46. The second kappa shape index (κ2) is 9.69. The van der Waals surface area contributed by atoms with Gasteiger partial charge in [0.2, 0.25) is 5.91 Å². The summed E-state index contributed by atoms with van der Waals surface area (Å²) < 4.78 is 5.26. The van der Waals surface area contributed by atoms with Crippen LogP contribution in [0.1, 0.15) is 27.9 Å². The molecule has 168 valence electrons. The van der Waals surface area contributed by atoms with E-state index >= 15 is 0 Å². The summed E-state index contributed by atoms with van der Waals surface area (Å²) in [6, 6.07) is 23.0. The zero-order valence-electron chi connectivity index (χ0n) is 18.7. The molecule has 3 aromatic rings. The van der Waals surface area contributed by atoms with E-state index in [1.54, 1.807) is 36.4 Å². The summed E-state index contributed by atoms with van der Waals surface area (Å²) in [6.45, 7) is 2.25. The molecule has 1 aliphatic heterocycles. The Morgan fingerprint density at radius 3 is 2.42 bits per heavy atom. The van der Waals surface area contributed by atoms with Gasteiger partial charge in [-0.2, -0.15) is 0 Å². The van der Waals surface area contributed by atoms with Gasteiger partial charge < -0.3 is 9.64 Å². The summed E-state index contributed by atoms with van der Waals surface area (Å²) in [5.41, 5.74) is 3.02. The highest BCUT2D eigenvalue weighted by atomic mass is 16.5. The Bertz CT molecular complexity index is 1160. The predicted octanol–water partition coefficient (Wildman–Crippen LogP) is 4.02. The molecule has 3 amide bonds. The molecule has 0 aromatic heterocycles. The molecule has 6 heteroatoms. The Labute approximate surface area is 193 Å². The summed E-state index contributed by atoms with van der Waals surface area (Å²) in [7, 11) is 1.54. The van der Waals surface area contributed by atoms with Gasteiger partial charge in [-0.05, 0) is 49.2 Å². The number of carbonyl (C=O) groups is 3. The molecule has 1 heterocycles. The van der Waals surface area contributed by atoms with Crippen molar-refractivity contribution in [2.24, 2.45) is 0 Å². The molecule has 0 aliphatic carbocycles. The Hall–Kier alpha value is -3.93. The van der Waals surface area contributed by atoms with E-state index in [0.29, 0.717) is 30.0 Å². The molecular formula is C27H26N2O4. The number of benzene rings is 3. The zero-order valence-corrected chi connectivity index (χ0v) is 18.7. The van der Waals surface area contributed by atoms with Crippen molar-refractivity contribution in [2.45, 2.75) is 25.8 Å². The molecule has 6 nitrogen and oxygen atoms in total. The van der Waals surface area contributed by atoms with Crippen LogP contribution in [-0.2, 0) is 16.0 Å². The smallest absolute Gasteiger partial charge is 0.257 e. The topological polar surface area (TPSA) is 66.9 Å². The number of methoxy groups -OCH3 is 1. The first-order valence-electron chi connectivity index (χ1n) is 10.9. The molecule has 4 rings (SSSR count). The molecule has 3 aromatic carbocycles. The van der Waals surface area contributed by atoms with E-state index in [0.717, 1.165) is 11.1 Å². The number of ether oxygens (including phenoxy) is 1. The maximum atomic E-state index is 13.5. The summed E-state index contributed by atoms with van der Waals surface area (Å²) in [5.74, 6) is -0.439. The van der Waals surface area contributed by atoms with Gasteiger partial charge in [0.15, 0.2) is 0 Å². The minimum atomic E-state index is -0.860. The van der Waals surface area contributed by atoms with Gasteiger partial charge in [0.25, 0.3) is 11.8 Å². The molecule has 1 saturated heterocycles. The number of carbonyl (C=O) groups excluding carboxylic acids is 3. The number of hydrogen-bond donors (Lipinski definition) is 0. The molecule has 1 atom stereocenters. The Morgan fingerprint density at radius 1 is 1.00 bits per heavy atom. The average molecular weight is 443 g/mol. The Balaban J connectivity index is 1.64. The molecule has 1 aliphatic rings. The van der Waals surface area contributed by atoms with Crippen molar-refractivity contribution in [3.63, 3.8) is 0 Å². The van der Waals surface area contributed by atoms with E-state index in [-0.39, 0.29) is 24.1 Å². The third-order valence-corrected chi connectivity index (χ3v) is 5.85. The summed E-state index contributed by atoms with van der Waals surface area (Å²) in [4.78, 5) is 42.5. The SMILES string of the molecule is COc1cccc(C(=O)N(CCc2ccccc2)C2CC(=O)N(c3ccc(C)cc3)C2=O)c1. The lowest BCUT2D eigenvalue weighted by molar-refractivity contribution is -0.122. The minimum absolute atomic E-state index is 0.0444. The number of nitrogens with zero attached hydrogens (tertiary/aromatic N) is 2. The van der Waals surface area contributed by atoms with Crippen molar-refractivity contribution in [1.82, 2.24) is 4.90 Å². The van der Waals surface area contributed by atoms with Gasteiger partial charge in [0.05, 0.1) is 19.2 Å². The lowest BCUT2D eigenvalue weighted by Gasteiger charge is -2.28. The summed E-state index contributed by atoms with van der Waals surface area (Å²) in [5, 5.41) is 0. The molecule has 0 N–H and O–H groups in total. The standard InChI is InChI=1S/C27H26N2O4/c1-19-11-13-22(14-12-19)29-25(30)18-24(27(29)32)28(16-15-20-7-4-3-5-8-20)26(31)21-9-6-10-23(17-21)33-2/h3-14,17,24H,15-16,18H2,1-2H3. The highest BCUT2D eigenvalue weighted by Crippen LogP contribution is 2.27. The van der Waals surface area contributed by atoms with Crippen LogP contribution in [0.5, 0.6) is 5.75 Å². The van der Waals surface area contributed by atoms with E-state index in [2.05, 4.69) is 0 Å². The fourth-order valence-corrected chi connectivity index (χ4v) is 4.04. The Morgan fingerprint density at radius 2 is 1.73 bits per heavy atom. The minimum Gasteiger partial charge on any atom is -0.497 e. The first-order chi connectivity index (χ1) is 16.0. The van der Waals surface area contributed by atoms with Gasteiger partial charge in [-0.25, -0.2) is 4.90 Å². The number of imide groups is 1. The van der Waals surface area contributed by atoms with Crippen molar-refractivity contribution >= 4 is 23.4 Å². The molecule has 1 fully saturated rings. The van der Waals surface area contributed by atoms with Crippen LogP contribution in [0.3, 0.4) is 0 Å². The fourth-order valence-electron chi connectivity index (χ4n) is 4.04. The van der Waals surface area contributed by atoms with Crippen LogP contribution < -0.4 is 9.64 Å². The van der Waals surface area contributed by atoms with Crippen molar-refractivity contribution in [3.8, 4) is 5.75 Å². The van der Waals surface area contributed by atoms with Crippen LogP contribution in [0.4, 0.5) is 5.69 Å². The highest BCUT2D eigenvalue weighted by molar-refractivity contribution is 6.23. The molecule has 0 spiro atoms. The number of aryl methyl sites for hydroxylation is 1. The van der Waals surface area contributed by atoms with E-state index in [9.17, 15) is 14.4 Å². The van der Waals surface area contributed by atoms with Crippen LogP contribution >= 0.6 is 0 Å². The van der Waals surface area contributed by atoms with E-state index in [1.165, 1.54) is 16.9 Å². The van der Waals surface area contributed by atoms with Gasteiger partial charge in [-0.1, -0.05) is 54.1 Å². The second-order valence-corrected chi connectivity index (χ2v) is 8.09. The predicted molar refractivity (Wildman–Crippen MR) is 126 cm³/mol. The van der Waals surface area contributed by atoms with Crippen LogP contribution in [-0.4, -0.2) is 42.3 Å². The molecule has 33 heavy (non-hydrogen) atoms. The van der Waals surface area contributed by atoms with Gasteiger partial charge >= 0.3 is 0 Å². The molecule has 0 bridgehead atoms. The van der Waals surface area contributed by atoms with Crippen molar-refractivity contribution in [2.75, 3.05) is 18.6 Å². The molecule has 0 saturated carbocycles. The largest absolute Gasteiger partial charge is 0.497 e. The molecule has 0 radical (unpaired) electrons. The zero-order chi connectivity index (χ0) is 23.4. The van der Waals surface area contributed by atoms with Gasteiger partial charge in [-0.3, -0.25) is 14.4 Å². The van der Waals surface area contributed by atoms with Crippen molar-refractivity contribution in [3.05, 3.63) is 95.6 Å². The first-order valence-corrected chi connectivity index (χ1v) is 10.9. The monoisotopic (exact) mass is 442 g/mol.